The Morgan fingerprint density at radius 2 is 2.00 bits per heavy atom. The molecule has 1 aromatic heterocycles. The molecule has 0 radical (unpaired) electrons. The average Bonchev–Trinajstić information content (AvgIpc) is 3.13. The molecular weight excluding hydrogens is 448 g/mol. The van der Waals surface area contributed by atoms with Crippen LogP contribution in [0.25, 0.3) is 5.57 Å². The summed E-state index contributed by atoms with van der Waals surface area (Å²) in [5.74, 6) is -2.00. The number of alkyl halides is 2. The maximum absolute atomic E-state index is 13.4. The predicted molar refractivity (Wildman–Crippen MR) is 127 cm³/mol. The van der Waals surface area contributed by atoms with Gasteiger partial charge in [0.15, 0.2) is 5.96 Å². The lowest BCUT2D eigenvalue weighted by molar-refractivity contribution is 0.0175. The molecule has 0 unspecified atom stereocenters. The molecule has 0 saturated carbocycles. The predicted octanol–water partition coefficient (Wildman–Crippen LogP) is 5.14. The summed E-state index contributed by atoms with van der Waals surface area (Å²) in [5, 5.41) is 0.540. The van der Waals surface area contributed by atoms with Gasteiger partial charge in [0, 0.05) is 31.8 Å². The summed E-state index contributed by atoms with van der Waals surface area (Å²) in [4.78, 5) is 15.4. The van der Waals surface area contributed by atoms with E-state index in [1.807, 2.05) is 30.9 Å². The van der Waals surface area contributed by atoms with Gasteiger partial charge >= 0.3 is 0 Å². The summed E-state index contributed by atoms with van der Waals surface area (Å²) in [5.41, 5.74) is 8.89. The number of benzene rings is 1. The molecule has 1 aromatic carbocycles. The Labute approximate surface area is 196 Å². The van der Waals surface area contributed by atoms with Crippen LogP contribution in [-0.4, -0.2) is 47.0 Å². The van der Waals surface area contributed by atoms with Gasteiger partial charge in [-0.3, -0.25) is 4.98 Å². The monoisotopic (exact) mass is 473 g/mol. The second-order valence-electron chi connectivity index (χ2n) is 8.90. The number of aliphatic imine (C=N–C) groups is 2. The van der Waals surface area contributed by atoms with E-state index in [0.29, 0.717) is 48.7 Å². The van der Waals surface area contributed by atoms with Gasteiger partial charge in [-0.15, -0.1) is 0 Å². The molecule has 2 aromatic rings. The SMILES string of the molecule is CC1(C)COC(c2cnc(C3=CCN(C(N)=Nc4ccc(C(C)(F)F)cc4)CC3)c(Cl)c2)=N1. The van der Waals surface area contributed by atoms with Crippen molar-refractivity contribution in [1.82, 2.24) is 9.88 Å². The van der Waals surface area contributed by atoms with Crippen LogP contribution in [0.4, 0.5) is 14.5 Å². The Morgan fingerprint density at radius 3 is 2.55 bits per heavy atom. The maximum atomic E-state index is 13.4. The van der Waals surface area contributed by atoms with Gasteiger partial charge < -0.3 is 15.4 Å². The molecule has 6 nitrogen and oxygen atoms in total. The number of hydrogen-bond donors (Lipinski definition) is 1. The molecule has 0 atom stereocenters. The minimum atomic E-state index is -2.89. The Bertz CT molecular complexity index is 1140. The fourth-order valence-corrected chi connectivity index (χ4v) is 3.94. The number of guanidine groups is 1. The summed E-state index contributed by atoms with van der Waals surface area (Å²) in [6, 6.07) is 7.63. The van der Waals surface area contributed by atoms with Crippen LogP contribution in [0.3, 0.4) is 0 Å². The Balaban J connectivity index is 1.45. The van der Waals surface area contributed by atoms with Crippen LogP contribution in [0.15, 0.2) is 52.6 Å². The third kappa shape index (κ3) is 5.33. The van der Waals surface area contributed by atoms with Crippen molar-refractivity contribution in [3.63, 3.8) is 0 Å². The van der Waals surface area contributed by atoms with E-state index in [9.17, 15) is 8.78 Å². The van der Waals surface area contributed by atoms with Crippen LogP contribution < -0.4 is 5.73 Å². The molecule has 2 aliphatic heterocycles. The number of hydrogen-bond acceptors (Lipinski definition) is 4. The standard InChI is InChI=1S/C24H26ClF2N5O/c1-23(2)14-33-21(31-23)16-12-19(25)20(29-13-16)15-8-10-32(11-9-15)22(28)30-18-6-4-17(5-7-18)24(3,26)27/h4-8,12-13H,9-11,14H2,1-3H3,(H2,28,30). The minimum absolute atomic E-state index is 0.0590. The number of nitrogens with zero attached hydrogens (tertiary/aromatic N) is 4. The van der Waals surface area contributed by atoms with Crippen LogP contribution in [0.1, 0.15) is 44.0 Å². The van der Waals surface area contributed by atoms with Crippen LogP contribution in [-0.2, 0) is 10.7 Å². The molecule has 0 bridgehead atoms. The highest BCUT2D eigenvalue weighted by Gasteiger charge is 2.28. The van der Waals surface area contributed by atoms with Gasteiger partial charge in [0.1, 0.15) is 6.61 Å². The molecule has 0 spiro atoms. The molecule has 0 amide bonds. The molecule has 33 heavy (non-hydrogen) atoms. The van der Waals surface area contributed by atoms with E-state index in [0.717, 1.165) is 23.8 Å². The molecule has 2 N–H and O–H groups in total. The van der Waals surface area contributed by atoms with Gasteiger partial charge in [-0.2, -0.15) is 0 Å². The Hall–Kier alpha value is -3.00. The van der Waals surface area contributed by atoms with Gasteiger partial charge in [-0.05, 0) is 44.0 Å². The van der Waals surface area contributed by atoms with Crippen molar-refractivity contribution in [2.75, 3.05) is 19.7 Å². The first-order chi connectivity index (χ1) is 15.5. The number of halogens is 3. The van der Waals surface area contributed by atoms with E-state index in [1.54, 1.807) is 6.20 Å². The lowest BCUT2D eigenvalue weighted by Crippen LogP contribution is -2.39. The molecule has 9 heteroatoms. The van der Waals surface area contributed by atoms with Gasteiger partial charge in [-0.25, -0.2) is 18.8 Å². The van der Waals surface area contributed by atoms with Crippen molar-refractivity contribution in [1.29, 1.82) is 0 Å². The van der Waals surface area contributed by atoms with Gasteiger partial charge in [0.2, 0.25) is 5.90 Å². The van der Waals surface area contributed by atoms with Crippen LogP contribution >= 0.6 is 11.6 Å². The first kappa shape index (κ1) is 23.2. The fourth-order valence-electron chi connectivity index (χ4n) is 3.65. The van der Waals surface area contributed by atoms with Crippen molar-refractivity contribution >= 4 is 34.7 Å². The molecule has 0 aliphatic carbocycles. The highest BCUT2D eigenvalue weighted by molar-refractivity contribution is 6.32. The van der Waals surface area contributed by atoms with Crippen molar-refractivity contribution in [2.45, 2.75) is 38.7 Å². The topological polar surface area (TPSA) is 76.1 Å². The van der Waals surface area contributed by atoms with Crippen LogP contribution in [0, 0.1) is 0 Å². The molecule has 174 valence electrons. The fraction of sp³-hybridized carbons (Fsp3) is 0.375. The highest BCUT2D eigenvalue weighted by atomic mass is 35.5. The normalized spacial score (nSPS) is 18.6. The quantitative estimate of drug-likeness (QED) is 0.493. The Morgan fingerprint density at radius 1 is 1.27 bits per heavy atom. The van der Waals surface area contributed by atoms with E-state index >= 15 is 0 Å². The van der Waals surface area contributed by atoms with E-state index in [1.165, 1.54) is 24.3 Å². The highest BCUT2D eigenvalue weighted by Crippen LogP contribution is 2.30. The van der Waals surface area contributed by atoms with Crippen molar-refractivity contribution in [3.05, 3.63) is 64.4 Å². The van der Waals surface area contributed by atoms with Gasteiger partial charge in [0.25, 0.3) is 5.92 Å². The molecule has 3 heterocycles. The zero-order valence-electron chi connectivity index (χ0n) is 18.8. The summed E-state index contributed by atoms with van der Waals surface area (Å²) in [7, 11) is 0. The summed E-state index contributed by atoms with van der Waals surface area (Å²) < 4.78 is 32.4. The number of pyridine rings is 1. The molecule has 0 fully saturated rings. The number of ether oxygens (including phenoxy) is 1. The summed E-state index contributed by atoms with van der Waals surface area (Å²) in [6.07, 6.45) is 4.44. The summed E-state index contributed by atoms with van der Waals surface area (Å²) in [6.45, 7) is 6.59. The molecule has 0 saturated heterocycles. The van der Waals surface area contributed by atoms with Crippen LogP contribution in [0.5, 0.6) is 0 Å². The van der Waals surface area contributed by atoms with E-state index < -0.39 is 5.92 Å². The molecule has 4 rings (SSSR count). The van der Waals surface area contributed by atoms with Crippen LogP contribution in [0.2, 0.25) is 5.02 Å². The van der Waals surface area contributed by atoms with E-state index in [-0.39, 0.29) is 11.1 Å². The average molecular weight is 474 g/mol. The summed E-state index contributed by atoms with van der Waals surface area (Å²) >= 11 is 6.53. The van der Waals surface area contributed by atoms with E-state index in [2.05, 4.69) is 15.0 Å². The smallest absolute Gasteiger partial charge is 0.270 e. The lowest BCUT2D eigenvalue weighted by Gasteiger charge is -2.27. The first-order valence-electron chi connectivity index (χ1n) is 10.7. The zero-order chi connectivity index (χ0) is 23.8. The van der Waals surface area contributed by atoms with Crippen molar-refractivity contribution in [2.24, 2.45) is 15.7 Å². The molecular formula is C24H26ClF2N5O. The van der Waals surface area contributed by atoms with Gasteiger partial charge in [-0.1, -0.05) is 29.8 Å². The van der Waals surface area contributed by atoms with E-state index in [4.69, 9.17) is 22.1 Å². The number of rotatable bonds is 4. The maximum Gasteiger partial charge on any atom is 0.270 e. The third-order valence-corrected chi connectivity index (χ3v) is 5.80. The zero-order valence-corrected chi connectivity index (χ0v) is 19.5. The molecule has 2 aliphatic rings. The number of aromatic nitrogens is 1. The second kappa shape index (κ2) is 8.74. The third-order valence-electron chi connectivity index (χ3n) is 5.51. The largest absolute Gasteiger partial charge is 0.475 e. The van der Waals surface area contributed by atoms with Gasteiger partial charge in [0.05, 0.1) is 27.5 Å². The number of nitrogens with two attached hydrogens (primary N) is 1. The van der Waals surface area contributed by atoms with Crippen molar-refractivity contribution in [3.8, 4) is 0 Å². The second-order valence-corrected chi connectivity index (χ2v) is 9.31. The first-order valence-corrected chi connectivity index (χ1v) is 11.1. The minimum Gasteiger partial charge on any atom is -0.475 e. The van der Waals surface area contributed by atoms with Crippen molar-refractivity contribution < 1.29 is 13.5 Å². The Kier molecular flexibility index (Phi) is 6.14. The lowest BCUT2D eigenvalue weighted by atomic mass is 10.0.